The zero-order valence-electron chi connectivity index (χ0n) is 13.6. The van der Waals surface area contributed by atoms with Crippen LogP contribution in [0.1, 0.15) is 5.01 Å². The number of thioether (sulfide) groups is 1. The second-order valence-corrected chi connectivity index (χ2v) is 8.29. The molecule has 25 heavy (non-hydrogen) atoms. The zero-order valence-corrected chi connectivity index (χ0v) is 16.0. The van der Waals surface area contributed by atoms with E-state index < -0.39 is 0 Å². The summed E-state index contributed by atoms with van der Waals surface area (Å²) < 4.78 is 0.800. The van der Waals surface area contributed by atoms with Crippen molar-refractivity contribution in [3.8, 4) is 11.3 Å². The number of nitrogens with zero attached hydrogens (tertiary/aromatic N) is 4. The lowest BCUT2D eigenvalue weighted by Gasteiger charge is -2.17. The second kappa shape index (κ2) is 8.37. The van der Waals surface area contributed by atoms with E-state index in [1.807, 2.05) is 42.6 Å². The smallest absolute Gasteiger partial charge is 0.239 e. The Bertz CT molecular complexity index is 860. The molecule has 0 aliphatic rings. The predicted octanol–water partition coefficient (Wildman–Crippen LogP) is 4.28. The average molecular weight is 389 g/mol. The molecule has 1 amide bonds. The molecule has 128 valence electrons. The fraction of sp³-hybridized carbons (Fsp3) is 0.176. The van der Waals surface area contributed by atoms with Gasteiger partial charge in [0.05, 0.1) is 11.4 Å². The van der Waals surface area contributed by atoms with Gasteiger partial charge >= 0.3 is 0 Å². The number of rotatable bonds is 7. The molecule has 5 nitrogen and oxygen atoms in total. The van der Waals surface area contributed by atoms with Gasteiger partial charge in [-0.3, -0.25) is 9.69 Å². The van der Waals surface area contributed by atoms with Crippen LogP contribution in [0.15, 0.2) is 52.7 Å². The number of carbonyl (C=O) groups excluding carboxylic acids is 1. The summed E-state index contributed by atoms with van der Waals surface area (Å²) in [7, 11) is 0. The molecule has 0 saturated carbocycles. The van der Waals surface area contributed by atoms with Crippen molar-refractivity contribution in [2.75, 3.05) is 17.2 Å². The summed E-state index contributed by atoms with van der Waals surface area (Å²) >= 11 is 4.34. The van der Waals surface area contributed by atoms with Gasteiger partial charge < -0.3 is 0 Å². The summed E-state index contributed by atoms with van der Waals surface area (Å²) in [5.41, 5.74) is 1.91. The van der Waals surface area contributed by atoms with Crippen LogP contribution in [0.4, 0.5) is 5.13 Å². The maximum absolute atomic E-state index is 12.6. The van der Waals surface area contributed by atoms with E-state index in [0.29, 0.717) is 17.4 Å². The van der Waals surface area contributed by atoms with Gasteiger partial charge in [-0.05, 0) is 6.92 Å². The van der Waals surface area contributed by atoms with Crippen LogP contribution in [0.5, 0.6) is 0 Å². The summed E-state index contributed by atoms with van der Waals surface area (Å²) in [5.74, 6) is 0.273. The fourth-order valence-electron chi connectivity index (χ4n) is 2.08. The fourth-order valence-corrected chi connectivity index (χ4v) is 4.64. The molecule has 0 N–H and O–H groups in total. The molecule has 1 aromatic carbocycles. The van der Waals surface area contributed by atoms with Crippen molar-refractivity contribution in [3.63, 3.8) is 0 Å². The van der Waals surface area contributed by atoms with Crippen LogP contribution in [0, 0.1) is 6.92 Å². The number of aryl methyl sites for hydroxylation is 1. The normalized spacial score (nSPS) is 10.6. The first-order valence-electron chi connectivity index (χ1n) is 7.52. The van der Waals surface area contributed by atoms with Gasteiger partial charge in [0.15, 0.2) is 9.47 Å². The maximum Gasteiger partial charge on any atom is 0.239 e. The predicted molar refractivity (Wildman–Crippen MR) is 105 cm³/mol. The number of amides is 1. The van der Waals surface area contributed by atoms with Gasteiger partial charge in [-0.15, -0.1) is 28.1 Å². The summed E-state index contributed by atoms with van der Waals surface area (Å²) in [6.07, 6.45) is 1.71. The quantitative estimate of drug-likeness (QED) is 0.447. The Morgan fingerprint density at radius 3 is 2.80 bits per heavy atom. The van der Waals surface area contributed by atoms with Crippen molar-refractivity contribution in [2.24, 2.45) is 0 Å². The summed E-state index contributed by atoms with van der Waals surface area (Å²) in [6.45, 7) is 6.07. The van der Waals surface area contributed by atoms with Gasteiger partial charge in [0.25, 0.3) is 0 Å². The van der Waals surface area contributed by atoms with E-state index in [9.17, 15) is 4.79 Å². The highest BCUT2D eigenvalue weighted by molar-refractivity contribution is 8.01. The highest BCUT2D eigenvalue weighted by Crippen LogP contribution is 2.29. The van der Waals surface area contributed by atoms with Crippen molar-refractivity contribution in [2.45, 2.75) is 11.3 Å². The number of hydrogen-bond donors (Lipinski definition) is 0. The molecule has 0 radical (unpaired) electrons. The third kappa shape index (κ3) is 4.53. The average Bonchev–Trinajstić information content (AvgIpc) is 3.27. The van der Waals surface area contributed by atoms with Crippen molar-refractivity contribution in [1.82, 2.24) is 15.2 Å². The number of thiazole rings is 1. The minimum Gasteiger partial charge on any atom is -0.284 e. The molecule has 2 heterocycles. The molecule has 0 bridgehead atoms. The SMILES string of the molecule is C=CCN(C(=O)CSc1nnc(C)s1)c1nc(-c2ccccc2)cs1. The number of carbonyl (C=O) groups is 1. The molecule has 0 fully saturated rings. The Kier molecular flexibility index (Phi) is 5.95. The third-order valence-electron chi connectivity index (χ3n) is 3.23. The van der Waals surface area contributed by atoms with Crippen LogP contribution >= 0.6 is 34.4 Å². The Morgan fingerprint density at radius 1 is 1.32 bits per heavy atom. The Balaban J connectivity index is 1.73. The topological polar surface area (TPSA) is 59.0 Å². The summed E-state index contributed by atoms with van der Waals surface area (Å²) in [6, 6.07) is 9.93. The van der Waals surface area contributed by atoms with Crippen molar-refractivity contribution in [1.29, 1.82) is 0 Å². The number of hydrogen-bond acceptors (Lipinski definition) is 7. The van der Waals surface area contributed by atoms with Gasteiger partial charge in [-0.1, -0.05) is 59.5 Å². The standard InChI is InChI=1S/C17H16N4OS3/c1-3-9-21(15(22)11-24-17-20-19-12(2)25-17)16-18-14(10-23-16)13-7-5-4-6-8-13/h3-8,10H,1,9,11H2,2H3. The lowest BCUT2D eigenvalue weighted by Crippen LogP contribution is -2.32. The van der Waals surface area contributed by atoms with E-state index >= 15 is 0 Å². The van der Waals surface area contributed by atoms with Crippen LogP contribution in [-0.4, -0.2) is 33.4 Å². The number of aromatic nitrogens is 3. The molecule has 3 rings (SSSR count). The van der Waals surface area contributed by atoms with Gasteiger partial charge in [-0.25, -0.2) is 4.98 Å². The van der Waals surface area contributed by atoms with Crippen LogP contribution in [-0.2, 0) is 4.79 Å². The van der Waals surface area contributed by atoms with Crippen molar-refractivity contribution in [3.05, 3.63) is 53.4 Å². The highest BCUT2D eigenvalue weighted by atomic mass is 32.2. The van der Waals surface area contributed by atoms with Crippen LogP contribution < -0.4 is 4.90 Å². The monoisotopic (exact) mass is 388 g/mol. The molecule has 3 aromatic rings. The van der Waals surface area contributed by atoms with Gasteiger partial charge in [-0.2, -0.15) is 0 Å². The van der Waals surface area contributed by atoms with E-state index in [4.69, 9.17) is 0 Å². The largest absolute Gasteiger partial charge is 0.284 e. The van der Waals surface area contributed by atoms with Crippen molar-refractivity contribution >= 4 is 45.5 Å². The minimum absolute atomic E-state index is 0.0216. The first-order valence-corrected chi connectivity index (χ1v) is 10.2. The van der Waals surface area contributed by atoms with Crippen LogP contribution in [0.3, 0.4) is 0 Å². The van der Waals surface area contributed by atoms with Gasteiger partial charge in [0, 0.05) is 17.5 Å². The van der Waals surface area contributed by atoms with Crippen molar-refractivity contribution < 1.29 is 4.79 Å². The van der Waals surface area contributed by atoms with E-state index in [0.717, 1.165) is 20.6 Å². The molecule has 0 aliphatic heterocycles. The van der Waals surface area contributed by atoms with E-state index in [1.54, 1.807) is 11.0 Å². The molecule has 0 atom stereocenters. The van der Waals surface area contributed by atoms with Crippen LogP contribution in [0.2, 0.25) is 0 Å². The minimum atomic E-state index is -0.0216. The molecule has 2 aromatic heterocycles. The third-order valence-corrected chi connectivity index (χ3v) is 6.05. The molecule has 0 saturated heterocycles. The summed E-state index contributed by atoms with van der Waals surface area (Å²) in [4.78, 5) is 18.9. The Morgan fingerprint density at radius 2 is 2.12 bits per heavy atom. The Hall–Kier alpha value is -2.03. The molecule has 8 heteroatoms. The lowest BCUT2D eigenvalue weighted by atomic mass is 10.2. The molecular formula is C17H16N4OS3. The van der Waals surface area contributed by atoms with Crippen LogP contribution in [0.25, 0.3) is 11.3 Å². The Labute approximate surface area is 158 Å². The van der Waals surface area contributed by atoms with Gasteiger partial charge in [0.1, 0.15) is 5.01 Å². The molecule has 0 aliphatic carbocycles. The first kappa shape index (κ1) is 17.8. The first-order chi connectivity index (χ1) is 12.2. The second-order valence-electron chi connectivity index (χ2n) is 5.05. The van der Waals surface area contributed by atoms with Gasteiger partial charge in [0.2, 0.25) is 5.91 Å². The van der Waals surface area contributed by atoms with E-state index in [-0.39, 0.29) is 5.91 Å². The zero-order chi connectivity index (χ0) is 17.6. The van der Waals surface area contributed by atoms with E-state index in [2.05, 4.69) is 21.8 Å². The molecular weight excluding hydrogens is 372 g/mol. The summed E-state index contributed by atoms with van der Waals surface area (Å²) in [5, 5.41) is 11.5. The molecule has 0 spiro atoms. The number of anilines is 1. The number of benzene rings is 1. The molecule has 0 unspecified atom stereocenters. The lowest BCUT2D eigenvalue weighted by molar-refractivity contribution is -0.116. The highest BCUT2D eigenvalue weighted by Gasteiger charge is 2.19. The maximum atomic E-state index is 12.6. The van der Waals surface area contributed by atoms with E-state index in [1.165, 1.54) is 34.4 Å².